The number of aromatic nitrogens is 2. The molecule has 0 spiro atoms. The second kappa shape index (κ2) is 6.57. The van der Waals surface area contributed by atoms with Gasteiger partial charge in [0, 0.05) is 11.1 Å². The first-order valence-corrected chi connectivity index (χ1v) is 7.94. The average molecular weight is 329 g/mol. The number of fused-ring (bicyclic) bond motifs is 1. The first-order valence-electron chi connectivity index (χ1n) is 7.94. The summed E-state index contributed by atoms with van der Waals surface area (Å²) in [6, 6.07) is 19.9. The van der Waals surface area contributed by atoms with Gasteiger partial charge in [0.2, 0.25) is 5.71 Å². The van der Waals surface area contributed by atoms with Crippen molar-refractivity contribution in [2.24, 2.45) is 0 Å². The van der Waals surface area contributed by atoms with Gasteiger partial charge < -0.3 is 14.5 Å². The van der Waals surface area contributed by atoms with Crippen molar-refractivity contribution in [2.45, 2.75) is 0 Å². The van der Waals surface area contributed by atoms with Gasteiger partial charge >= 0.3 is 0 Å². The summed E-state index contributed by atoms with van der Waals surface area (Å²) in [5.41, 5.74) is 3.36. The van der Waals surface area contributed by atoms with Gasteiger partial charge in [-0.15, -0.1) is 0 Å². The van der Waals surface area contributed by atoms with Crippen LogP contribution in [0.3, 0.4) is 0 Å². The third-order valence-electron chi connectivity index (χ3n) is 3.94. The van der Waals surface area contributed by atoms with E-state index in [9.17, 15) is 4.79 Å². The van der Waals surface area contributed by atoms with Gasteiger partial charge in [0.25, 0.3) is 0 Å². The van der Waals surface area contributed by atoms with Crippen molar-refractivity contribution in [1.29, 1.82) is 0 Å². The van der Waals surface area contributed by atoms with Crippen LogP contribution in [0.2, 0.25) is 0 Å². The zero-order valence-electron chi connectivity index (χ0n) is 13.3. The highest BCUT2D eigenvalue weighted by atomic mass is 16.3. The third-order valence-corrected chi connectivity index (χ3v) is 3.94. The number of benzene rings is 2. The molecule has 4 aromatic rings. The molecule has 122 valence electrons. The molecule has 0 fully saturated rings. The number of nitrogens with zero attached hydrogens (tertiary/aromatic N) is 2. The van der Waals surface area contributed by atoms with E-state index in [2.05, 4.69) is 15.3 Å². The van der Waals surface area contributed by atoms with E-state index >= 15 is 0 Å². The smallest absolute Gasteiger partial charge is 0.232 e. The standard InChI is InChI=1S/C20H15N3O2/c24-12-11-21-19-17-16(14-7-3-1-4-8-14)18(15-9-5-2-6-10-15)25-20(17)23-13-22-19/h1-10,12-13H,11H2,(H,21,22,23). The van der Waals surface area contributed by atoms with Gasteiger partial charge in [-0.2, -0.15) is 0 Å². The van der Waals surface area contributed by atoms with Crippen molar-refractivity contribution in [3.63, 3.8) is 0 Å². The number of hydrogen-bond donors (Lipinski definition) is 1. The van der Waals surface area contributed by atoms with E-state index in [4.69, 9.17) is 4.42 Å². The quantitative estimate of drug-likeness (QED) is 0.557. The van der Waals surface area contributed by atoms with Gasteiger partial charge in [0.05, 0.1) is 11.9 Å². The molecule has 0 bridgehead atoms. The molecule has 0 amide bonds. The molecule has 2 heterocycles. The van der Waals surface area contributed by atoms with Gasteiger partial charge in [-0.05, 0) is 5.56 Å². The molecule has 5 heteroatoms. The van der Waals surface area contributed by atoms with Crippen LogP contribution in [-0.4, -0.2) is 22.8 Å². The van der Waals surface area contributed by atoms with E-state index < -0.39 is 0 Å². The zero-order valence-corrected chi connectivity index (χ0v) is 13.3. The van der Waals surface area contributed by atoms with E-state index in [1.165, 1.54) is 6.33 Å². The van der Waals surface area contributed by atoms with Crippen LogP contribution in [0.1, 0.15) is 0 Å². The molecule has 2 aromatic carbocycles. The van der Waals surface area contributed by atoms with Gasteiger partial charge in [0.15, 0.2) is 0 Å². The number of carbonyl (C=O) groups excluding carboxylic acids is 1. The van der Waals surface area contributed by atoms with Gasteiger partial charge in [0.1, 0.15) is 24.2 Å². The lowest BCUT2D eigenvalue weighted by Crippen LogP contribution is -2.04. The van der Waals surface area contributed by atoms with Crippen LogP contribution in [0.25, 0.3) is 33.6 Å². The Morgan fingerprint density at radius 2 is 1.60 bits per heavy atom. The minimum atomic E-state index is 0.173. The van der Waals surface area contributed by atoms with Crippen molar-refractivity contribution in [3.05, 3.63) is 67.0 Å². The molecule has 0 radical (unpaired) electrons. The number of anilines is 1. The summed E-state index contributed by atoms with van der Waals surface area (Å²) < 4.78 is 6.08. The Morgan fingerprint density at radius 1 is 0.920 bits per heavy atom. The highest BCUT2D eigenvalue weighted by molar-refractivity contribution is 6.06. The highest BCUT2D eigenvalue weighted by Crippen LogP contribution is 2.42. The topological polar surface area (TPSA) is 68.0 Å². The Bertz CT molecular complexity index is 1010. The largest absolute Gasteiger partial charge is 0.437 e. The molecule has 2 aromatic heterocycles. The van der Waals surface area contributed by atoms with Crippen molar-refractivity contribution in [3.8, 4) is 22.5 Å². The van der Waals surface area contributed by atoms with Gasteiger partial charge in [-0.25, -0.2) is 9.97 Å². The average Bonchev–Trinajstić information content (AvgIpc) is 3.08. The second-order valence-electron chi connectivity index (χ2n) is 5.49. The van der Waals surface area contributed by atoms with E-state index in [1.807, 2.05) is 60.7 Å². The molecular formula is C20H15N3O2. The maximum atomic E-state index is 10.8. The summed E-state index contributed by atoms with van der Waals surface area (Å²) in [7, 11) is 0. The lowest BCUT2D eigenvalue weighted by molar-refractivity contribution is -0.106. The van der Waals surface area contributed by atoms with Gasteiger partial charge in [-0.1, -0.05) is 60.7 Å². The highest BCUT2D eigenvalue weighted by Gasteiger charge is 2.21. The Labute approximate surface area is 144 Å². The lowest BCUT2D eigenvalue weighted by atomic mass is 9.99. The molecule has 1 N–H and O–H groups in total. The monoisotopic (exact) mass is 329 g/mol. The van der Waals surface area contributed by atoms with E-state index in [-0.39, 0.29) is 6.54 Å². The molecule has 25 heavy (non-hydrogen) atoms. The van der Waals surface area contributed by atoms with Gasteiger partial charge in [-0.3, -0.25) is 0 Å². The number of hydrogen-bond acceptors (Lipinski definition) is 5. The van der Waals surface area contributed by atoms with E-state index in [0.29, 0.717) is 11.5 Å². The van der Waals surface area contributed by atoms with Crippen LogP contribution < -0.4 is 5.32 Å². The predicted octanol–water partition coefficient (Wildman–Crippen LogP) is 4.17. The first kappa shape index (κ1) is 15.1. The SMILES string of the molecule is O=CCNc1ncnc2oc(-c3ccccc3)c(-c3ccccc3)c12. The minimum Gasteiger partial charge on any atom is -0.437 e. The van der Waals surface area contributed by atoms with Crippen LogP contribution in [0.5, 0.6) is 0 Å². The summed E-state index contributed by atoms with van der Waals surface area (Å²) >= 11 is 0. The Morgan fingerprint density at radius 3 is 2.28 bits per heavy atom. The van der Waals surface area contributed by atoms with Crippen molar-refractivity contribution in [1.82, 2.24) is 9.97 Å². The second-order valence-corrected chi connectivity index (χ2v) is 5.49. The fourth-order valence-electron chi connectivity index (χ4n) is 2.88. The number of rotatable bonds is 5. The molecule has 4 rings (SSSR count). The minimum absolute atomic E-state index is 0.173. The van der Waals surface area contributed by atoms with Crippen LogP contribution >= 0.6 is 0 Å². The Hall–Kier alpha value is -3.47. The van der Waals surface area contributed by atoms with Crippen LogP contribution in [-0.2, 0) is 4.79 Å². The van der Waals surface area contributed by atoms with Crippen LogP contribution in [0.15, 0.2) is 71.4 Å². The lowest BCUT2D eigenvalue weighted by Gasteiger charge is -2.06. The summed E-state index contributed by atoms with van der Waals surface area (Å²) in [5, 5.41) is 3.81. The number of furan rings is 1. The Balaban J connectivity index is 2.04. The molecule has 0 aliphatic heterocycles. The van der Waals surface area contributed by atoms with E-state index in [1.54, 1.807) is 0 Å². The number of carbonyl (C=O) groups is 1. The number of nitrogens with one attached hydrogen (secondary N) is 1. The third kappa shape index (κ3) is 2.76. The fourth-order valence-corrected chi connectivity index (χ4v) is 2.88. The molecule has 0 aliphatic rings. The molecule has 5 nitrogen and oxygen atoms in total. The van der Waals surface area contributed by atoms with E-state index in [0.717, 1.165) is 34.1 Å². The maximum absolute atomic E-state index is 10.8. The van der Waals surface area contributed by atoms with Crippen molar-refractivity contribution < 1.29 is 9.21 Å². The normalized spacial score (nSPS) is 10.7. The predicted molar refractivity (Wildman–Crippen MR) is 97.2 cm³/mol. The maximum Gasteiger partial charge on any atom is 0.232 e. The molecule has 0 saturated heterocycles. The molecule has 0 atom stereocenters. The van der Waals surface area contributed by atoms with Crippen molar-refractivity contribution in [2.75, 3.05) is 11.9 Å². The summed E-state index contributed by atoms with van der Waals surface area (Å²) in [6.07, 6.45) is 2.23. The summed E-state index contributed by atoms with van der Waals surface area (Å²) in [6.45, 7) is 0.173. The molecule has 0 unspecified atom stereocenters. The van der Waals surface area contributed by atoms with Crippen LogP contribution in [0, 0.1) is 0 Å². The summed E-state index contributed by atoms with van der Waals surface area (Å²) in [4.78, 5) is 19.3. The number of aldehydes is 1. The van der Waals surface area contributed by atoms with Crippen LogP contribution in [0.4, 0.5) is 5.82 Å². The Kier molecular flexibility index (Phi) is 3.96. The fraction of sp³-hybridized carbons (Fsp3) is 0.0500. The summed E-state index contributed by atoms with van der Waals surface area (Å²) in [5.74, 6) is 1.32. The van der Waals surface area contributed by atoms with Crippen molar-refractivity contribution >= 4 is 23.2 Å². The first-order chi connectivity index (χ1) is 12.4. The molecule has 0 saturated carbocycles. The molecular weight excluding hydrogens is 314 g/mol. The molecule has 0 aliphatic carbocycles. The zero-order chi connectivity index (χ0) is 17.1.